The molecule has 24 heavy (non-hydrogen) atoms. The number of allylic oxidation sites excluding steroid dienone is 2. The lowest BCUT2D eigenvalue weighted by Crippen LogP contribution is -1.86. The van der Waals surface area contributed by atoms with E-state index in [1.807, 2.05) is 0 Å². The first-order valence-electron chi connectivity index (χ1n) is 10.6. The minimum absolute atomic E-state index is 0.182. The summed E-state index contributed by atoms with van der Waals surface area (Å²) >= 11 is 5.32. The summed E-state index contributed by atoms with van der Waals surface area (Å²) in [6.07, 6.45) is 27.8. The van der Waals surface area contributed by atoms with E-state index in [0.717, 1.165) is 12.8 Å². The van der Waals surface area contributed by atoms with Crippen LogP contribution in [0.5, 0.6) is 0 Å². The van der Waals surface area contributed by atoms with Gasteiger partial charge in [-0.3, -0.25) is 4.79 Å². The van der Waals surface area contributed by atoms with E-state index in [0.29, 0.717) is 6.42 Å². The molecule has 0 saturated heterocycles. The highest BCUT2D eigenvalue weighted by Crippen LogP contribution is 2.14. The van der Waals surface area contributed by atoms with Crippen LogP contribution in [0, 0.1) is 0 Å². The van der Waals surface area contributed by atoms with Gasteiger partial charge in [0, 0.05) is 6.42 Å². The number of hydrogen-bond acceptors (Lipinski definition) is 1. The third kappa shape index (κ3) is 21.7. The summed E-state index contributed by atoms with van der Waals surface area (Å²) in [7, 11) is 0. The summed E-state index contributed by atoms with van der Waals surface area (Å²) in [6, 6.07) is 0. The van der Waals surface area contributed by atoms with Gasteiger partial charge in [0.25, 0.3) is 0 Å². The fourth-order valence-corrected chi connectivity index (χ4v) is 3.18. The van der Waals surface area contributed by atoms with E-state index in [1.165, 1.54) is 96.3 Å². The Morgan fingerprint density at radius 2 is 1.00 bits per heavy atom. The standard InChI is InChI=1S/C22H41ClO/c1-2-3-4-5-6-7-8-9-10-11-12-13-14-15-16-17-18-19-20-21-22(23)24/h4-5H,2-3,6-21H2,1H3/b5-4+. The SMILES string of the molecule is CCC/C=C/CCCCCCCCCCCCCCCCC(=O)Cl. The van der Waals surface area contributed by atoms with E-state index in [2.05, 4.69) is 19.1 Å². The van der Waals surface area contributed by atoms with Gasteiger partial charge in [0.2, 0.25) is 5.24 Å². The molecule has 0 aromatic carbocycles. The Morgan fingerprint density at radius 3 is 1.42 bits per heavy atom. The van der Waals surface area contributed by atoms with E-state index >= 15 is 0 Å². The van der Waals surface area contributed by atoms with E-state index in [1.54, 1.807) is 0 Å². The summed E-state index contributed by atoms with van der Waals surface area (Å²) in [4.78, 5) is 10.6. The number of carbonyl (C=O) groups excluding carboxylic acids is 1. The molecule has 2 heteroatoms. The third-order valence-electron chi connectivity index (χ3n) is 4.62. The molecule has 142 valence electrons. The van der Waals surface area contributed by atoms with Gasteiger partial charge < -0.3 is 0 Å². The van der Waals surface area contributed by atoms with Crippen molar-refractivity contribution in [1.29, 1.82) is 0 Å². The maximum Gasteiger partial charge on any atom is 0.221 e. The van der Waals surface area contributed by atoms with Crippen LogP contribution in [0.2, 0.25) is 0 Å². The first kappa shape index (κ1) is 23.7. The Balaban J connectivity index is 3.01. The molecule has 0 aliphatic rings. The highest BCUT2D eigenvalue weighted by Gasteiger charge is 1.96. The molecule has 0 aromatic rings. The Hall–Kier alpha value is -0.300. The van der Waals surface area contributed by atoms with Gasteiger partial charge in [-0.05, 0) is 37.3 Å². The second kappa shape index (κ2) is 20.7. The molecule has 0 unspecified atom stereocenters. The maximum absolute atomic E-state index is 10.6. The summed E-state index contributed by atoms with van der Waals surface area (Å²) in [5, 5.41) is -0.182. The van der Waals surface area contributed by atoms with Crippen molar-refractivity contribution in [2.75, 3.05) is 0 Å². The topological polar surface area (TPSA) is 17.1 Å². The van der Waals surface area contributed by atoms with Crippen molar-refractivity contribution in [2.24, 2.45) is 0 Å². The average Bonchev–Trinajstić information content (AvgIpc) is 2.56. The maximum atomic E-state index is 10.6. The van der Waals surface area contributed by atoms with Gasteiger partial charge in [-0.1, -0.05) is 103 Å². The van der Waals surface area contributed by atoms with E-state index in [4.69, 9.17) is 11.6 Å². The molecule has 0 saturated carbocycles. The van der Waals surface area contributed by atoms with Crippen molar-refractivity contribution in [2.45, 2.75) is 122 Å². The molecule has 0 rings (SSSR count). The van der Waals surface area contributed by atoms with Gasteiger partial charge in [0.1, 0.15) is 0 Å². The van der Waals surface area contributed by atoms with E-state index in [-0.39, 0.29) is 5.24 Å². The Bertz CT molecular complexity index is 286. The molecule has 0 heterocycles. The predicted octanol–water partition coefficient (Wildman–Crippen LogP) is 8.35. The fourth-order valence-electron chi connectivity index (χ4n) is 3.05. The minimum atomic E-state index is -0.182. The van der Waals surface area contributed by atoms with Crippen LogP contribution in [0.1, 0.15) is 122 Å². The number of hydrogen-bond donors (Lipinski definition) is 0. The molecule has 0 aliphatic carbocycles. The van der Waals surface area contributed by atoms with Gasteiger partial charge in [-0.15, -0.1) is 0 Å². The minimum Gasteiger partial charge on any atom is -0.281 e. The fraction of sp³-hybridized carbons (Fsp3) is 0.864. The third-order valence-corrected chi connectivity index (χ3v) is 4.81. The average molecular weight is 357 g/mol. The quantitative estimate of drug-likeness (QED) is 0.129. The smallest absolute Gasteiger partial charge is 0.221 e. The Kier molecular flexibility index (Phi) is 20.5. The summed E-state index contributed by atoms with van der Waals surface area (Å²) < 4.78 is 0. The monoisotopic (exact) mass is 356 g/mol. The zero-order chi connectivity index (χ0) is 17.7. The molecule has 0 spiro atoms. The number of rotatable bonds is 19. The first-order chi connectivity index (χ1) is 11.8. The van der Waals surface area contributed by atoms with Gasteiger partial charge in [-0.2, -0.15) is 0 Å². The highest BCUT2D eigenvalue weighted by atomic mass is 35.5. The van der Waals surface area contributed by atoms with Crippen LogP contribution in [0.15, 0.2) is 12.2 Å². The number of halogens is 1. The van der Waals surface area contributed by atoms with Crippen LogP contribution in [0.25, 0.3) is 0 Å². The molecular weight excluding hydrogens is 316 g/mol. The van der Waals surface area contributed by atoms with E-state index in [9.17, 15) is 4.79 Å². The number of carbonyl (C=O) groups is 1. The predicted molar refractivity (Wildman–Crippen MR) is 109 cm³/mol. The lowest BCUT2D eigenvalue weighted by molar-refractivity contribution is -0.111. The van der Waals surface area contributed by atoms with Crippen LogP contribution in [-0.4, -0.2) is 5.24 Å². The molecule has 0 radical (unpaired) electrons. The second-order valence-electron chi connectivity index (χ2n) is 7.10. The Labute approximate surface area is 156 Å². The van der Waals surface area contributed by atoms with Crippen LogP contribution in [0.3, 0.4) is 0 Å². The largest absolute Gasteiger partial charge is 0.281 e. The molecule has 0 atom stereocenters. The van der Waals surface area contributed by atoms with Crippen molar-refractivity contribution < 1.29 is 4.79 Å². The Morgan fingerprint density at radius 1 is 0.625 bits per heavy atom. The lowest BCUT2D eigenvalue weighted by atomic mass is 10.0. The normalized spacial score (nSPS) is 11.4. The van der Waals surface area contributed by atoms with Crippen molar-refractivity contribution in [1.82, 2.24) is 0 Å². The van der Waals surface area contributed by atoms with E-state index < -0.39 is 0 Å². The summed E-state index contributed by atoms with van der Waals surface area (Å²) in [6.45, 7) is 2.24. The molecule has 1 nitrogen and oxygen atoms in total. The van der Waals surface area contributed by atoms with Gasteiger partial charge in [0.05, 0.1) is 0 Å². The van der Waals surface area contributed by atoms with Gasteiger partial charge >= 0.3 is 0 Å². The first-order valence-corrected chi connectivity index (χ1v) is 11.0. The summed E-state index contributed by atoms with van der Waals surface area (Å²) in [5.74, 6) is 0. The van der Waals surface area contributed by atoms with Crippen molar-refractivity contribution in [3.8, 4) is 0 Å². The molecule has 0 amide bonds. The highest BCUT2D eigenvalue weighted by molar-refractivity contribution is 6.63. The van der Waals surface area contributed by atoms with Crippen LogP contribution >= 0.6 is 11.6 Å². The zero-order valence-electron chi connectivity index (χ0n) is 16.2. The summed E-state index contributed by atoms with van der Waals surface area (Å²) in [5.41, 5.74) is 0. The van der Waals surface area contributed by atoms with Gasteiger partial charge in [0.15, 0.2) is 0 Å². The molecule has 0 aromatic heterocycles. The molecule has 0 fully saturated rings. The molecular formula is C22H41ClO. The molecule has 0 aliphatic heterocycles. The van der Waals surface area contributed by atoms with Crippen LogP contribution < -0.4 is 0 Å². The van der Waals surface area contributed by atoms with Crippen molar-refractivity contribution in [3.63, 3.8) is 0 Å². The second-order valence-corrected chi connectivity index (χ2v) is 7.53. The molecule has 0 N–H and O–H groups in total. The lowest BCUT2D eigenvalue weighted by Gasteiger charge is -2.03. The zero-order valence-corrected chi connectivity index (χ0v) is 16.9. The van der Waals surface area contributed by atoms with Crippen molar-refractivity contribution >= 4 is 16.8 Å². The molecule has 0 bridgehead atoms. The van der Waals surface area contributed by atoms with Gasteiger partial charge in [-0.25, -0.2) is 0 Å². The number of unbranched alkanes of at least 4 members (excludes halogenated alkanes) is 15. The van der Waals surface area contributed by atoms with Crippen LogP contribution in [-0.2, 0) is 4.79 Å². The van der Waals surface area contributed by atoms with Crippen molar-refractivity contribution in [3.05, 3.63) is 12.2 Å². The van der Waals surface area contributed by atoms with Crippen LogP contribution in [0.4, 0.5) is 0 Å².